The van der Waals surface area contributed by atoms with E-state index in [0.29, 0.717) is 12.3 Å². The molecule has 3 nitrogen and oxygen atoms in total. The second-order valence-corrected chi connectivity index (χ2v) is 5.75. The SMILES string of the molecule is CCC1CCCC(Nc2ccc(C)cc2)(C(=O)O)C1. The highest BCUT2D eigenvalue weighted by Crippen LogP contribution is 2.37. The maximum absolute atomic E-state index is 11.7. The summed E-state index contributed by atoms with van der Waals surface area (Å²) in [5, 5.41) is 12.9. The van der Waals surface area contributed by atoms with Gasteiger partial charge >= 0.3 is 5.97 Å². The zero-order valence-corrected chi connectivity index (χ0v) is 11.8. The highest BCUT2D eigenvalue weighted by molar-refractivity contribution is 5.83. The van der Waals surface area contributed by atoms with Gasteiger partial charge in [-0.2, -0.15) is 0 Å². The number of rotatable bonds is 4. The first kappa shape index (κ1) is 13.9. The minimum atomic E-state index is -0.784. The number of carbonyl (C=O) groups is 1. The van der Waals surface area contributed by atoms with E-state index in [1.54, 1.807) is 0 Å². The Morgan fingerprint density at radius 2 is 2.11 bits per heavy atom. The molecule has 0 spiro atoms. The number of anilines is 1. The van der Waals surface area contributed by atoms with Gasteiger partial charge in [0.05, 0.1) is 0 Å². The van der Waals surface area contributed by atoms with Gasteiger partial charge in [-0.25, -0.2) is 4.79 Å². The van der Waals surface area contributed by atoms with Crippen LogP contribution < -0.4 is 5.32 Å². The van der Waals surface area contributed by atoms with Gasteiger partial charge < -0.3 is 10.4 Å². The van der Waals surface area contributed by atoms with Crippen molar-refractivity contribution in [2.24, 2.45) is 5.92 Å². The maximum Gasteiger partial charge on any atom is 0.329 e. The molecule has 0 saturated heterocycles. The quantitative estimate of drug-likeness (QED) is 0.866. The van der Waals surface area contributed by atoms with Crippen LogP contribution in [0, 0.1) is 12.8 Å². The Kier molecular flexibility index (Phi) is 4.13. The van der Waals surface area contributed by atoms with Crippen molar-refractivity contribution in [3.63, 3.8) is 0 Å². The molecule has 2 atom stereocenters. The van der Waals surface area contributed by atoms with E-state index in [0.717, 1.165) is 31.4 Å². The molecule has 0 bridgehead atoms. The molecule has 0 radical (unpaired) electrons. The predicted octanol–water partition coefficient (Wildman–Crippen LogP) is 3.83. The second kappa shape index (κ2) is 5.64. The van der Waals surface area contributed by atoms with Crippen LogP contribution in [0.4, 0.5) is 5.69 Å². The Hall–Kier alpha value is -1.51. The monoisotopic (exact) mass is 261 g/mol. The Morgan fingerprint density at radius 1 is 1.42 bits per heavy atom. The fraction of sp³-hybridized carbons (Fsp3) is 0.562. The van der Waals surface area contributed by atoms with E-state index >= 15 is 0 Å². The van der Waals surface area contributed by atoms with Gasteiger partial charge in [-0.15, -0.1) is 0 Å². The summed E-state index contributed by atoms with van der Waals surface area (Å²) in [6.07, 6.45) is 4.65. The lowest BCUT2D eigenvalue weighted by molar-refractivity contribution is -0.144. The summed E-state index contributed by atoms with van der Waals surface area (Å²) < 4.78 is 0. The number of hydrogen-bond acceptors (Lipinski definition) is 2. The molecular formula is C16H23NO2. The van der Waals surface area contributed by atoms with Crippen molar-refractivity contribution >= 4 is 11.7 Å². The molecule has 1 saturated carbocycles. The Bertz CT molecular complexity index is 441. The van der Waals surface area contributed by atoms with Crippen LogP contribution >= 0.6 is 0 Å². The predicted molar refractivity (Wildman–Crippen MR) is 77.4 cm³/mol. The van der Waals surface area contributed by atoms with Gasteiger partial charge in [0.15, 0.2) is 0 Å². The van der Waals surface area contributed by atoms with Crippen LogP contribution in [0.2, 0.25) is 0 Å². The fourth-order valence-corrected chi connectivity index (χ4v) is 3.01. The van der Waals surface area contributed by atoms with E-state index < -0.39 is 11.5 Å². The fourth-order valence-electron chi connectivity index (χ4n) is 3.01. The van der Waals surface area contributed by atoms with Crippen LogP contribution in [-0.2, 0) is 4.79 Å². The molecule has 2 rings (SSSR count). The number of carboxylic acids is 1. The molecule has 1 aliphatic rings. The summed E-state index contributed by atoms with van der Waals surface area (Å²) in [5.74, 6) is -0.200. The summed E-state index contributed by atoms with van der Waals surface area (Å²) in [5.41, 5.74) is 1.31. The first-order valence-electron chi connectivity index (χ1n) is 7.14. The molecule has 1 aliphatic carbocycles. The molecule has 2 N–H and O–H groups in total. The average Bonchev–Trinajstić information content (AvgIpc) is 2.41. The van der Waals surface area contributed by atoms with Crippen molar-refractivity contribution in [3.05, 3.63) is 29.8 Å². The van der Waals surface area contributed by atoms with Crippen LogP contribution in [0.3, 0.4) is 0 Å². The zero-order chi connectivity index (χ0) is 13.9. The number of benzene rings is 1. The van der Waals surface area contributed by atoms with E-state index in [-0.39, 0.29) is 0 Å². The van der Waals surface area contributed by atoms with Gasteiger partial charge in [0.2, 0.25) is 0 Å². The molecule has 19 heavy (non-hydrogen) atoms. The number of aryl methyl sites for hydroxylation is 1. The van der Waals surface area contributed by atoms with E-state index in [1.165, 1.54) is 5.56 Å². The van der Waals surface area contributed by atoms with Crippen molar-refractivity contribution in [3.8, 4) is 0 Å². The third-order valence-electron chi connectivity index (χ3n) is 4.27. The normalized spacial score (nSPS) is 26.9. The Balaban J connectivity index is 2.19. The summed E-state index contributed by atoms with van der Waals surface area (Å²) in [6.45, 7) is 4.18. The minimum absolute atomic E-state index is 0.516. The molecule has 3 heteroatoms. The highest BCUT2D eigenvalue weighted by atomic mass is 16.4. The smallest absolute Gasteiger partial charge is 0.329 e. The number of hydrogen-bond donors (Lipinski definition) is 2. The van der Waals surface area contributed by atoms with Gasteiger partial charge in [-0.1, -0.05) is 43.9 Å². The maximum atomic E-state index is 11.7. The lowest BCUT2D eigenvalue weighted by Gasteiger charge is -2.38. The van der Waals surface area contributed by atoms with Crippen LogP contribution in [-0.4, -0.2) is 16.6 Å². The number of nitrogens with one attached hydrogen (secondary N) is 1. The standard InChI is InChI=1S/C16H23NO2/c1-3-13-5-4-10-16(11-13,15(18)19)17-14-8-6-12(2)7-9-14/h6-9,13,17H,3-5,10-11H2,1-2H3,(H,18,19). The van der Waals surface area contributed by atoms with Crippen LogP contribution in [0.1, 0.15) is 44.6 Å². The Morgan fingerprint density at radius 3 is 2.68 bits per heavy atom. The summed E-state index contributed by atoms with van der Waals surface area (Å²) in [7, 11) is 0. The van der Waals surface area contributed by atoms with Gasteiger partial charge in [-0.05, 0) is 37.8 Å². The van der Waals surface area contributed by atoms with Gasteiger partial charge in [0, 0.05) is 5.69 Å². The molecule has 1 aromatic carbocycles. The van der Waals surface area contributed by atoms with E-state index in [9.17, 15) is 9.90 Å². The lowest BCUT2D eigenvalue weighted by atomic mass is 9.74. The van der Waals surface area contributed by atoms with E-state index in [4.69, 9.17) is 0 Å². The van der Waals surface area contributed by atoms with E-state index in [1.807, 2.05) is 31.2 Å². The van der Waals surface area contributed by atoms with Crippen molar-refractivity contribution in [2.45, 2.75) is 51.5 Å². The van der Waals surface area contributed by atoms with Gasteiger partial charge in [0.1, 0.15) is 5.54 Å². The summed E-state index contributed by atoms with van der Waals surface area (Å²) >= 11 is 0. The zero-order valence-electron chi connectivity index (χ0n) is 11.8. The summed E-state index contributed by atoms with van der Waals surface area (Å²) in [4.78, 5) is 11.7. The number of carboxylic acid groups (broad SMARTS) is 1. The number of aliphatic carboxylic acids is 1. The van der Waals surface area contributed by atoms with Crippen molar-refractivity contribution in [2.75, 3.05) is 5.32 Å². The van der Waals surface area contributed by atoms with Crippen LogP contribution in [0.15, 0.2) is 24.3 Å². The first-order chi connectivity index (χ1) is 9.05. The molecule has 104 valence electrons. The summed E-state index contributed by atoms with van der Waals surface area (Å²) in [6, 6.07) is 7.96. The molecular weight excluding hydrogens is 238 g/mol. The molecule has 1 fully saturated rings. The highest BCUT2D eigenvalue weighted by Gasteiger charge is 2.42. The largest absolute Gasteiger partial charge is 0.480 e. The van der Waals surface area contributed by atoms with Crippen LogP contribution in [0.25, 0.3) is 0 Å². The second-order valence-electron chi connectivity index (χ2n) is 5.75. The third-order valence-corrected chi connectivity index (χ3v) is 4.27. The van der Waals surface area contributed by atoms with Gasteiger partial charge in [-0.3, -0.25) is 0 Å². The van der Waals surface area contributed by atoms with E-state index in [2.05, 4.69) is 12.2 Å². The molecule has 0 heterocycles. The Labute approximate surface area is 115 Å². The first-order valence-corrected chi connectivity index (χ1v) is 7.14. The third kappa shape index (κ3) is 3.09. The topological polar surface area (TPSA) is 49.3 Å². The molecule has 0 aliphatic heterocycles. The molecule has 2 unspecified atom stereocenters. The molecule has 0 amide bonds. The average molecular weight is 261 g/mol. The lowest BCUT2D eigenvalue weighted by Crippen LogP contribution is -2.49. The molecule has 1 aromatic rings. The van der Waals surface area contributed by atoms with Crippen LogP contribution in [0.5, 0.6) is 0 Å². The van der Waals surface area contributed by atoms with Gasteiger partial charge in [0.25, 0.3) is 0 Å². The molecule has 0 aromatic heterocycles. The van der Waals surface area contributed by atoms with Crippen molar-refractivity contribution < 1.29 is 9.90 Å². The van der Waals surface area contributed by atoms with Crippen molar-refractivity contribution in [1.29, 1.82) is 0 Å². The van der Waals surface area contributed by atoms with Crippen molar-refractivity contribution in [1.82, 2.24) is 0 Å². The minimum Gasteiger partial charge on any atom is -0.480 e.